The van der Waals surface area contributed by atoms with Crippen LogP contribution < -0.4 is 0 Å². The summed E-state index contributed by atoms with van der Waals surface area (Å²) in [6, 6.07) is 0. The molecule has 0 radical (unpaired) electrons. The third-order valence-corrected chi connectivity index (χ3v) is 1.88. The Morgan fingerprint density at radius 2 is 2.00 bits per heavy atom. The molecule has 5 heteroatoms. The predicted octanol–water partition coefficient (Wildman–Crippen LogP) is 0.273. The molecule has 0 amide bonds. The molecule has 0 saturated carbocycles. The number of ketones is 1. The van der Waals surface area contributed by atoms with Crippen molar-refractivity contribution in [1.29, 1.82) is 0 Å². The first-order valence-corrected chi connectivity index (χ1v) is 4.99. The largest absolute Gasteiger partial charge is 0.465 e. The van der Waals surface area contributed by atoms with Crippen LogP contribution in [0.4, 0.5) is 0 Å². The van der Waals surface area contributed by atoms with Crippen LogP contribution in [-0.2, 0) is 14.3 Å². The molecule has 1 atom stereocenters. The topological polar surface area (TPSA) is 46.6 Å². The Balaban J connectivity index is 3.83. The lowest BCUT2D eigenvalue weighted by atomic mass is 10.4. The van der Waals surface area contributed by atoms with E-state index in [1.807, 2.05) is 0 Å². The SMILES string of the molecule is CCOC(=O)CN(CP)CC(C)=O. The number of Topliss-reactive ketones (excluding diaryl/α,β-unsaturated/α-hetero) is 1. The molecule has 0 aromatic rings. The van der Waals surface area contributed by atoms with E-state index in [0.29, 0.717) is 19.4 Å². The van der Waals surface area contributed by atoms with Gasteiger partial charge in [-0.25, -0.2) is 0 Å². The van der Waals surface area contributed by atoms with E-state index in [-0.39, 0.29) is 18.3 Å². The summed E-state index contributed by atoms with van der Waals surface area (Å²) < 4.78 is 4.75. The molecule has 0 rings (SSSR count). The monoisotopic (exact) mass is 205 g/mol. The van der Waals surface area contributed by atoms with Crippen molar-refractivity contribution in [1.82, 2.24) is 4.90 Å². The lowest BCUT2D eigenvalue weighted by molar-refractivity contribution is -0.144. The lowest BCUT2D eigenvalue weighted by Crippen LogP contribution is -2.33. The van der Waals surface area contributed by atoms with Crippen molar-refractivity contribution >= 4 is 21.0 Å². The molecule has 4 nitrogen and oxygen atoms in total. The number of rotatable bonds is 6. The van der Waals surface area contributed by atoms with Gasteiger partial charge in [0.2, 0.25) is 0 Å². The first-order chi connectivity index (χ1) is 6.10. The molecular formula is C8H16NO3P. The van der Waals surface area contributed by atoms with E-state index in [0.717, 1.165) is 0 Å². The van der Waals surface area contributed by atoms with E-state index in [1.54, 1.807) is 11.8 Å². The number of ether oxygens (including phenoxy) is 1. The molecule has 0 saturated heterocycles. The predicted molar refractivity (Wildman–Crippen MR) is 53.5 cm³/mol. The molecule has 1 unspecified atom stereocenters. The van der Waals surface area contributed by atoms with Crippen molar-refractivity contribution in [2.45, 2.75) is 13.8 Å². The van der Waals surface area contributed by atoms with Crippen LogP contribution in [-0.4, -0.2) is 42.6 Å². The van der Waals surface area contributed by atoms with Gasteiger partial charge in [-0.2, -0.15) is 0 Å². The summed E-state index contributed by atoms with van der Waals surface area (Å²) in [6.07, 6.45) is 0.596. The van der Waals surface area contributed by atoms with Gasteiger partial charge >= 0.3 is 5.97 Å². The molecule has 0 fully saturated rings. The average molecular weight is 205 g/mol. The van der Waals surface area contributed by atoms with Crippen LogP contribution in [0.25, 0.3) is 0 Å². The number of esters is 1. The minimum absolute atomic E-state index is 0.0479. The second kappa shape index (κ2) is 6.98. The van der Waals surface area contributed by atoms with Gasteiger partial charge in [0.1, 0.15) is 5.78 Å². The minimum atomic E-state index is -0.286. The Morgan fingerprint density at radius 1 is 1.38 bits per heavy atom. The number of carbonyl (C=O) groups is 2. The minimum Gasteiger partial charge on any atom is -0.465 e. The third-order valence-electron chi connectivity index (χ3n) is 1.36. The van der Waals surface area contributed by atoms with Gasteiger partial charge in [0.15, 0.2) is 0 Å². The Kier molecular flexibility index (Phi) is 6.73. The molecule has 0 heterocycles. The summed E-state index contributed by atoms with van der Waals surface area (Å²) in [7, 11) is 2.48. The molecule has 76 valence electrons. The van der Waals surface area contributed by atoms with E-state index >= 15 is 0 Å². The fraction of sp³-hybridized carbons (Fsp3) is 0.750. The van der Waals surface area contributed by atoms with E-state index in [4.69, 9.17) is 4.74 Å². The number of nitrogens with zero attached hydrogens (tertiary/aromatic N) is 1. The van der Waals surface area contributed by atoms with Gasteiger partial charge in [-0.15, -0.1) is 9.24 Å². The first kappa shape index (κ1) is 12.5. The molecule has 0 aromatic carbocycles. The van der Waals surface area contributed by atoms with Crippen LogP contribution in [0, 0.1) is 0 Å². The highest BCUT2D eigenvalue weighted by atomic mass is 31.0. The number of hydrogen-bond acceptors (Lipinski definition) is 4. The average Bonchev–Trinajstić information content (AvgIpc) is 2.02. The molecule has 0 aliphatic carbocycles. The van der Waals surface area contributed by atoms with Gasteiger partial charge in [0, 0.05) is 6.29 Å². The molecule has 0 spiro atoms. The molecule has 0 N–H and O–H groups in total. The highest BCUT2D eigenvalue weighted by molar-refractivity contribution is 7.16. The van der Waals surface area contributed by atoms with Gasteiger partial charge in [0.05, 0.1) is 19.7 Å². The molecular weight excluding hydrogens is 189 g/mol. The fourth-order valence-corrected chi connectivity index (χ4v) is 1.15. The van der Waals surface area contributed by atoms with Crippen LogP contribution in [0.3, 0.4) is 0 Å². The van der Waals surface area contributed by atoms with E-state index in [9.17, 15) is 9.59 Å². The maximum Gasteiger partial charge on any atom is 0.320 e. The standard InChI is InChI=1S/C8H16NO3P/c1-3-12-8(11)5-9(6-13)4-7(2)10/h3-6,13H2,1-2H3. The second-order valence-electron chi connectivity index (χ2n) is 2.68. The van der Waals surface area contributed by atoms with Crippen molar-refractivity contribution in [3.8, 4) is 0 Å². The maximum atomic E-state index is 11.0. The van der Waals surface area contributed by atoms with Crippen LogP contribution >= 0.6 is 9.24 Å². The zero-order chi connectivity index (χ0) is 10.3. The highest BCUT2D eigenvalue weighted by Crippen LogP contribution is 1.95. The molecule has 0 bridgehead atoms. The Bertz CT molecular complexity index is 184. The van der Waals surface area contributed by atoms with Crippen LogP contribution in [0.1, 0.15) is 13.8 Å². The van der Waals surface area contributed by atoms with Gasteiger partial charge in [-0.1, -0.05) is 0 Å². The van der Waals surface area contributed by atoms with Crippen molar-refractivity contribution in [2.75, 3.05) is 26.0 Å². The van der Waals surface area contributed by atoms with Crippen LogP contribution in [0.2, 0.25) is 0 Å². The summed E-state index contributed by atoms with van der Waals surface area (Å²) in [6.45, 7) is 4.11. The zero-order valence-corrected chi connectivity index (χ0v) is 9.23. The van der Waals surface area contributed by atoms with Crippen LogP contribution in [0.5, 0.6) is 0 Å². The summed E-state index contributed by atoms with van der Waals surface area (Å²) >= 11 is 0. The Morgan fingerprint density at radius 3 is 2.38 bits per heavy atom. The maximum absolute atomic E-state index is 11.0. The normalized spacial score (nSPS) is 10.2. The second-order valence-corrected chi connectivity index (χ2v) is 3.04. The summed E-state index contributed by atoms with van der Waals surface area (Å²) in [5.41, 5.74) is 0. The summed E-state index contributed by atoms with van der Waals surface area (Å²) in [4.78, 5) is 23.5. The van der Waals surface area contributed by atoms with Crippen molar-refractivity contribution < 1.29 is 14.3 Å². The highest BCUT2D eigenvalue weighted by Gasteiger charge is 2.10. The van der Waals surface area contributed by atoms with Gasteiger partial charge in [-0.3, -0.25) is 14.5 Å². The molecule has 13 heavy (non-hydrogen) atoms. The summed E-state index contributed by atoms with van der Waals surface area (Å²) in [5.74, 6) is -0.238. The third kappa shape index (κ3) is 6.67. The molecule has 0 aromatic heterocycles. The van der Waals surface area contributed by atoms with Crippen LogP contribution in [0.15, 0.2) is 0 Å². The first-order valence-electron chi connectivity index (χ1n) is 4.17. The van der Waals surface area contributed by atoms with Crippen molar-refractivity contribution in [3.05, 3.63) is 0 Å². The van der Waals surface area contributed by atoms with Crippen molar-refractivity contribution in [2.24, 2.45) is 0 Å². The van der Waals surface area contributed by atoms with E-state index in [2.05, 4.69) is 9.24 Å². The number of carbonyl (C=O) groups excluding carboxylic acids is 2. The Labute approximate surface area is 80.8 Å². The quantitative estimate of drug-likeness (QED) is 0.461. The van der Waals surface area contributed by atoms with Gasteiger partial charge in [0.25, 0.3) is 0 Å². The van der Waals surface area contributed by atoms with Gasteiger partial charge < -0.3 is 4.74 Å². The number of hydrogen-bond donors (Lipinski definition) is 0. The summed E-state index contributed by atoms with van der Waals surface area (Å²) in [5, 5.41) is 0. The molecule has 0 aliphatic rings. The fourth-order valence-electron chi connectivity index (χ4n) is 0.889. The van der Waals surface area contributed by atoms with Crippen molar-refractivity contribution in [3.63, 3.8) is 0 Å². The molecule has 0 aliphatic heterocycles. The van der Waals surface area contributed by atoms with E-state index in [1.165, 1.54) is 6.92 Å². The van der Waals surface area contributed by atoms with E-state index < -0.39 is 0 Å². The van der Waals surface area contributed by atoms with Gasteiger partial charge in [-0.05, 0) is 13.8 Å². The smallest absolute Gasteiger partial charge is 0.320 e. The Hall–Kier alpha value is -0.470. The zero-order valence-electron chi connectivity index (χ0n) is 8.08. The lowest BCUT2D eigenvalue weighted by Gasteiger charge is -2.16.